The molecular weight excluding hydrogens is 226 g/mol. The van der Waals surface area contributed by atoms with Crippen LogP contribution in [0.4, 0.5) is 0 Å². The molecule has 0 heterocycles. The molecule has 0 spiro atoms. The van der Waals surface area contributed by atoms with Gasteiger partial charge >= 0.3 is 5.97 Å². The van der Waals surface area contributed by atoms with Crippen molar-refractivity contribution in [2.24, 2.45) is 0 Å². The summed E-state index contributed by atoms with van der Waals surface area (Å²) in [5.74, 6) is -1.12. The van der Waals surface area contributed by atoms with Gasteiger partial charge in [-0.25, -0.2) is 4.79 Å². The van der Waals surface area contributed by atoms with Gasteiger partial charge in [-0.2, -0.15) is 0 Å². The van der Waals surface area contributed by atoms with Gasteiger partial charge in [-0.15, -0.1) is 0 Å². The second kappa shape index (κ2) is 6.19. The fourth-order valence-corrected chi connectivity index (χ4v) is 1.84. The minimum absolute atomic E-state index is 0.0757. The number of carboxylic acid groups (broad SMARTS) is 1. The molecule has 17 heavy (non-hydrogen) atoms. The highest BCUT2D eigenvalue weighted by Crippen LogP contribution is 2.23. The van der Waals surface area contributed by atoms with Crippen LogP contribution in [0.1, 0.15) is 19.8 Å². The van der Waals surface area contributed by atoms with Crippen LogP contribution >= 0.6 is 0 Å². The lowest BCUT2D eigenvalue weighted by Gasteiger charge is -2.44. The summed E-state index contributed by atoms with van der Waals surface area (Å²) in [5, 5.41) is 14.2. The van der Waals surface area contributed by atoms with Gasteiger partial charge in [-0.3, -0.25) is 19.4 Å². The Hall–Kier alpha value is -1.63. The van der Waals surface area contributed by atoms with Crippen molar-refractivity contribution >= 4 is 18.8 Å². The van der Waals surface area contributed by atoms with Crippen LogP contribution in [0.5, 0.6) is 0 Å². The first-order valence-corrected chi connectivity index (χ1v) is 5.32. The number of carbonyl (C=O) groups excluding carboxylic acids is 2. The molecule has 2 amide bonds. The van der Waals surface area contributed by atoms with E-state index in [0.717, 1.165) is 0 Å². The Bertz CT molecular complexity index is 293. The number of carboxylic acids is 1. The van der Waals surface area contributed by atoms with Crippen molar-refractivity contribution in [3.63, 3.8) is 0 Å². The summed E-state index contributed by atoms with van der Waals surface area (Å²) in [7, 11) is 3.27. The van der Waals surface area contributed by atoms with Gasteiger partial charge in [-0.05, 0) is 6.42 Å². The lowest BCUT2D eigenvalue weighted by atomic mass is 10.0. The maximum atomic E-state index is 11.5. The molecule has 0 rings (SSSR count). The third kappa shape index (κ3) is 3.16. The predicted octanol–water partition coefficient (Wildman–Crippen LogP) is -0.907. The molecule has 0 aromatic carbocycles. The first kappa shape index (κ1) is 15.4. The van der Waals surface area contributed by atoms with Crippen molar-refractivity contribution in [1.82, 2.24) is 10.6 Å². The largest absolute Gasteiger partial charge is 0.475 e. The Kier molecular flexibility index (Phi) is 5.60. The maximum absolute atomic E-state index is 11.5. The van der Waals surface area contributed by atoms with Crippen molar-refractivity contribution in [3.8, 4) is 0 Å². The zero-order valence-corrected chi connectivity index (χ0v) is 10.4. The molecule has 0 aliphatic rings. The molecule has 7 heteroatoms. The fourth-order valence-electron chi connectivity index (χ4n) is 1.84. The number of nitrogens with zero attached hydrogens (tertiary/aromatic N) is 1. The second-order valence-corrected chi connectivity index (χ2v) is 4.34. The number of amides is 2. The van der Waals surface area contributed by atoms with E-state index in [9.17, 15) is 19.5 Å². The van der Waals surface area contributed by atoms with E-state index in [2.05, 4.69) is 10.6 Å². The van der Waals surface area contributed by atoms with E-state index in [1.165, 1.54) is 0 Å². The van der Waals surface area contributed by atoms with Crippen LogP contribution in [-0.4, -0.2) is 54.8 Å². The average Bonchev–Trinajstić information content (AvgIpc) is 2.25. The Balaban J connectivity index is 5.29. The summed E-state index contributed by atoms with van der Waals surface area (Å²) in [6.45, 7) is 1.94. The highest BCUT2D eigenvalue weighted by atomic mass is 16.4. The third-order valence-electron chi connectivity index (χ3n) is 2.87. The summed E-state index contributed by atoms with van der Waals surface area (Å²) < 4.78 is -0.0757. The number of rotatable bonds is 9. The minimum atomic E-state index is -1.44. The van der Waals surface area contributed by atoms with Gasteiger partial charge in [0.05, 0.1) is 14.1 Å². The van der Waals surface area contributed by atoms with E-state index in [4.69, 9.17) is 0 Å². The molecular formula is C10H20N3O4+. The van der Waals surface area contributed by atoms with Gasteiger partial charge in [0.1, 0.15) is 0 Å². The molecule has 0 aliphatic carbocycles. The van der Waals surface area contributed by atoms with Crippen LogP contribution in [0.25, 0.3) is 0 Å². The molecule has 0 radical (unpaired) electrons. The highest BCUT2D eigenvalue weighted by Gasteiger charge is 2.52. The van der Waals surface area contributed by atoms with Gasteiger partial charge in [0.15, 0.2) is 6.67 Å². The molecule has 0 aromatic heterocycles. The normalized spacial score (nSPS) is 14.5. The molecule has 98 valence electrons. The second-order valence-electron chi connectivity index (χ2n) is 4.34. The Morgan fingerprint density at radius 1 is 1.35 bits per heavy atom. The quantitative estimate of drug-likeness (QED) is 0.279. The van der Waals surface area contributed by atoms with Gasteiger partial charge in [0.25, 0.3) is 5.66 Å². The van der Waals surface area contributed by atoms with Crippen molar-refractivity contribution in [2.45, 2.75) is 25.4 Å². The van der Waals surface area contributed by atoms with E-state index < -0.39 is 11.6 Å². The van der Waals surface area contributed by atoms with Crippen molar-refractivity contribution in [2.75, 3.05) is 20.8 Å². The molecule has 0 bridgehead atoms. The molecule has 3 N–H and O–H groups in total. The Morgan fingerprint density at radius 3 is 2.29 bits per heavy atom. The summed E-state index contributed by atoms with van der Waals surface area (Å²) in [5.41, 5.74) is -1.44. The van der Waals surface area contributed by atoms with E-state index >= 15 is 0 Å². The van der Waals surface area contributed by atoms with E-state index in [1.807, 2.05) is 6.92 Å². The number of likely N-dealkylation sites (N-methyl/N-ethyl adjacent to an activating group) is 1. The standard InChI is InChI=1S/C10H19N3O4/c1-4-5-10(9(16)17,12-8-15)13(2,3)6-11-7-14/h7-8H,4-6H2,1-3H3,(H2-,11,12,14,15,16,17)/p+1. The van der Waals surface area contributed by atoms with Gasteiger partial charge in [0, 0.05) is 6.42 Å². The molecule has 0 aromatic rings. The van der Waals surface area contributed by atoms with Gasteiger partial charge < -0.3 is 10.4 Å². The number of carbonyl (C=O) groups is 3. The average molecular weight is 246 g/mol. The molecule has 0 saturated heterocycles. The summed E-state index contributed by atoms with van der Waals surface area (Å²) in [6.07, 6.45) is 1.74. The monoisotopic (exact) mass is 246 g/mol. The number of hydrogen-bond acceptors (Lipinski definition) is 3. The van der Waals surface area contributed by atoms with Gasteiger partial charge in [-0.1, -0.05) is 6.92 Å². The first-order chi connectivity index (χ1) is 7.88. The van der Waals surface area contributed by atoms with Crippen LogP contribution in [0, 0.1) is 0 Å². The molecule has 7 nitrogen and oxygen atoms in total. The van der Waals surface area contributed by atoms with E-state index in [1.54, 1.807) is 14.1 Å². The molecule has 0 saturated carbocycles. The number of nitrogens with one attached hydrogen (secondary N) is 2. The van der Waals surface area contributed by atoms with Crippen molar-refractivity contribution < 1.29 is 24.0 Å². The van der Waals surface area contributed by atoms with Crippen LogP contribution in [-0.2, 0) is 14.4 Å². The van der Waals surface area contributed by atoms with Crippen LogP contribution < -0.4 is 10.6 Å². The van der Waals surface area contributed by atoms with Crippen LogP contribution in [0.2, 0.25) is 0 Å². The minimum Gasteiger partial charge on any atom is -0.475 e. The zero-order chi connectivity index (χ0) is 13.5. The summed E-state index contributed by atoms with van der Waals surface area (Å²) in [4.78, 5) is 32.4. The van der Waals surface area contributed by atoms with Gasteiger partial charge in [0.2, 0.25) is 12.8 Å². The van der Waals surface area contributed by atoms with Crippen molar-refractivity contribution in [1.29, 1.82) is 0 Å². The van der Waals surface area contributed by atoms with Crippen LogP contribution in [0.15, 0.2) is 0 Å². The SMILES string of the molecule is CCCC(NC=O)(C(=O)O)[N+](C)(C)CNC=O. The number of hydrogen-bond donors (Lipinski definition) is 3. The van der Waals surface area contributed by atoms with Crippen molar-refractivity contribution in [3.05, 3.63) is 0 Å². The number of quaternary nitrogens is 1. The summed E-state index contributed by atoms with van der Waals surface area (Å²) in [6, 6.07) is 0. The zero-order valence-electron chi connectivity index (χ0n) is 10.4. The van der Waals surface area contributed by atoms with E-state index in [0.29, 0.717) is 19.2 Å². The first-order valence-electron chi connectivity index (χ1n) is 5.32. The smallest absolute Gasteiger partial charge is 0.388 e. The summed E-state index contributed by atoms with van der Waals surface area (Å²) >= 11 is 0. The topological polar surface area (TPSA) is 95.5 Å². The molecule has 0 fully saturated rings. The number of aliphatic carboxylic acids is 1. The maximum Gasteiger partial charge on any atom is 0.388 e. The molecule has 1 unspecified atom stereocenters. The molecule has 1 atom stereocenters. The molecule has 0 aliphatic heterocycles. The predicted molar refractivity (Wildman–Crippen MR) is 60.6 cm³/mol. The van der Waals surface area contributed by atoms with Crippen LogP contribution in [0.3, 0.4) is 0 Å². The third-order valence-corrected chi connectivity index (χ3v) is 2.87. The highest BCUT2D eigenvalue weighted by molar-refractivity contribution is 5.79. The van der Waals surface area contributed by atoms with E-state index in [-0.39, 0.29) is 17.6 Å². The lowest BCUT2D eigenvalue weighted by Crippen LogP contribution is -2.73. The fraction of sp³-hybridized carbons (Fsp3) is 0.700. The lowest BCUT2D eigenvalue weighted by molar-refractivity contribution is -0.936. The Morgan fingerprint density at radius 2 is 1.94 bits per heavy atom. The Labute approximate surface area is 100 Å².